The summed E-state index contributed by atoms with van der Waals surface area (Å²) in [6.07, 6.45) is 0. The van der Waals surface area contributed by atoms with Crippen LogP contribution in [0.1, 0.15) is 15.9 Å². The Labute approximate surface area is 118 Å². The number of hydrogen-bond donors (Lipinski definition) is 1. The van der Waals surface area contributed by atoms with Gasteiger partial charge >= 0.3 is 5.97 Å². The van der Waals surface area contributed by atoms with Crippen molar-refractivity contribution in [2.45, 2.75) is 6.54 Å². The van der Waals surface area contributed by atoms with E-state index in [4.69, 9.17) is 9.57 Å². The molecule has 4 nitrogen and oxygen atoms in total. The second kappa shape index (κ2) is 7.09. The van der Waals surface area contributed by atoms with Crippen molar-refractivity contribution in [1.29, 1.82) is 0 Å². The Kier molecular flexibility index (Phi) is 5.76. The van der Waals surface area contributed by atoms with Gasteiger partial charge in [0.2, 0.25) is 0 Å². The van der Waals surface area contributed by atoms with Gasteiger partial charge in [-0.3, -0.25) is 0 Å². The molecule has 0 atom stereocenters. The molecule has 2 N–H and O–H groups in total. The topological polar surface area (TPSA) is 52.1 Å². The van der Waals surface area contributed by atoms with E-state index < -0.39 is 0 Å². The minimum atomic E-state index is -0.311. The van der Waals surface area contributed by atoms with Crippen LogP contribution in [0.5, 0.6) is 0 Å². The fourth-order valence-corrected chi connectivity index (χ4v) is 1.85. The number of benzene rings is 2. The highest BCUT2D eigenvalue weighted by molar-refractivity contribution is 5.95. The maximum absolute atomic E-state index is 11.4. The molecule has 5 heteroatoms. The largest absolute Gasteiger partial charge is 1.00 e. The first-order chi connectivity index (χ1) is 8.74. The summed E-state index contributed by atoms with van der Waals surface area (Å²) in [5.74, 6) is -0.311. The Hall–Kier alpha value is -1.62. The molecule has 0 saturated heterocycles. The maximum Gasteiger partial charge on any atom is 0.337 e. The second-order valence-electron chi connectivity index (χ2n) is 3.99. The molecule has 0 aromatic heterocycles. The molecule has 0 spiro atoms. The highest BCUT2D eigenvalue weighted by Gasteiger charge is 2.06. The molecule has 0 aliphatic rings. The SMILES string of the molecule is CO[NH2+]Cc1ccc2cc(C(=O)OC)ccc2c1.[Cl-]. The number of quaternary nitrogens is 1. The molecule has 2 rings (SSSR count). The van der Waals surface area contributed by atoms with Crippen LogP contribution in [-0.2, 0) is 16.1 Å². The molecule has 0 unspecified atom stereocenters. The molecule has 2 aromatic carbocycles. The molecule has 2 aromatic rings. The molecule has 19 heavy (non-hydrogen) atoms. The minimum absolute atomic E-state index is 0. The van der Waals surface area contributed by atoms with Gasteiger partial charge in [0.05, 0.1) is 19.8 Å². The standard InChI is InChI=1S/C14H15NO3.ClH/c1-17-14(16)13-6-5-11-7-10(9-15-18-2)3-4-12(11)8-13;/h3-8,15H,9H2,1-2H3;1H. The summed E-state index contributed by atoms with van der Waals surface area (Å²) in [6, 6.07) is 11.7. The lowest BCUT2D eigenvalue weighted by Crippen LogP contribution is -3.00. The van der Waals surface area contributed by atoms with Crippen LogP contribution in [0.2, 0.25) is 0 Å². The van der Waals surface area contributed by atoms with Gasteiger partial charge < -0.3 is 17.1 Å². The van der Waals surface area contributed by atoms with Gasteiger partial charge in [0.1, 0.15) is 6.54 Å². The van der Waals surface area contributed by atoms with Crippen LogP contribution in [0.25, 0.3) is 10.8 Å². The van der Waals surface area contributed by atoms with Crippen molar-refractivity contribution < 1.29 is 32.3 Å². The number of esters is 1. The summed E-state index contributed by atoms with van der Waals surface area (Å²) >= 11 is 0. The molecule has 0 bridgehead atoms. The summed E-state index contributed by atoms with van der Waals surface area (Å²) in [7, 11) is 3.03. The summed E-state index contributed by atoms with van der Waals surface area (Å²) in [5, 5.41) is 2.13. The molecule has 0 fully saturated rings. The van der Waals surface area contributed by atoms with Crippen LogP contribution in [0.3, 0.4) is 0 Å². The van der Waals surface area contributed by atoms with Crippen molar-refractivity contribution >= 4 is 16.7 Å². The summed E-state index contributed by atoms with van der Waals surface area (Å²) in [5.41, 5.74) is 3.50. The van der Waals surface area contributed by atoms with Gasteiger partial charge in [-0.15, -0.1) is 0 Å². The molecule has 0 aliphatic carbocycles. The van der Waals surface area contributed by atoms with E-state index in [1.807, 2.05) is 24.3 Å². The predicted octanol–water partition coefficient (Wildman–Crippen LogP) is -1.74. The lowest BCUT2D eigenvalue weighted by molar-refractivity contribution is -0.901. The Morgan fingerprint density at radius 2 is 1.79 bits per heavy atom. The number of halogens is 1. The van der Waals surface area contributed by atoms with Crippen molar-refractivity contribution in [3.8, 4) is 0 Å². The Morgan fingerprint density at radius 3 is 2.47 bits per heavy atom. The highest BCUT2D eigenvalue weighted by Crippen LogP contribution is 2.18. The van der Waals surface area contributed by atoms with E-state index in [-0.39, 0.29) is 18.4 Å². The number of ether oxygens (including phenoxy) is 1. The minimum Gasteiger partial charge on any atom is -1.00 e. The van der Waals surface area contributed by atoms with E-state index >= 15 is 0 Å². The highest BCUT2D eigenvalue weighted by atomic mass is 35.5. The normalized spacial score (nSPS) is 10.0. The number of carbonyl (C=O) groups is 1. The Morgan fingerprint density at radius 1 is 1.11 bits per heavy atom. The maximum atomic E-state index is 11.4. The molecule has 0 amide bonds. The molecule has 102 valence electrons. The van der Waals surface area contributed by atoms with Crippen LogP contribution in [0, 0.1) is 0 Å². The van der Waals surface area contributed by atoms with Gasteiger partial charge in [-0.25, -0.2) is 9.63 Å². The van der Waals surface area contributed by atoms with E-state index in [1.165, 1.54) is 12.7 Å². The van der Waals surface area contributed by atoms with Crippen molar-refractivity contribution in [3.05, 3.63) is 47.5 Å². The van der Waals surface area contributed by atoms with Crippen LogP contribution >= 0.6 is 0 Å². The van der Waals surface area contributed by atoms with Crippen molar-refractivity contribution in [2.24, 2.45) is 0 Å². The number of methoxy groups -OCH3 is 1. The van der Waals surface area contributed by atoms with Gasteiger partial charge in [-0.1, -0.05) is 18.2 Å². The fourth-order valence-electron chi connectivity index (χ4n) is 1.85. The predicted molar refractivity (Wildman–Crippen MR) is 67.9 cm³/mol. The van der Waals surface area contributed by atoms with Gasteiger partial charge in [-0.2, -0.15) is 5.48 Å². The summed E-state index contributed by atoms with van der Waals surface area (Å²) in [4.78, 5) is 16.4. The van der Waals surface area contributed by atoms with Gasteiger partial charge in [0.15, 0.2) is 0 Å². The number of hydrogen-bond acceptors (Lipinski definition) is 3. The first-order valence-corrected chi connectivity index (χ1v) is 5.70. The number of fused-ring (bicyclic) bond motifs is 1. The third kappa shape index (κ3) is 3.67. The lowest BCUT2D eigenvalue weighted by atomic mass is 10.0. The van der Waals surface area contributed by atoms with E-state index in [1.54, 1.807) is 18.7 Å². The Balaban J connectivity index is 0.00000180. The lowest BCUT2D eigenvalue weighted by Gasteiger charge is -2.04. The molecular formula is C14H16ClNO3. The van der Waals surface area contributed by atoms with E-state index in [0.29, 0.717) is 5.56 Å². The van der Waals surface area contributed by atoms with E-state index in [9.17, 15) is 4.79 Å². The molecule has 0 heterocycles. The van der Waals surface area contributed by atoms with E-state index in [2.05, 4.69) is 6.07 Å². The second-order valence-corrected chi connectivity index (χ2v) is 3.99. The third-order valence-electron chi connectivity index (χ3n) is 2.81. The van der Waals surface area contributed by atoms with Crippen LogP contribution in [0.4, 0.5) is 0 Å². The third-order valence-corrected chi connectivity index (χ3v) is 2.81. The Bertz CT molecular complexity index is 572. The fraction of sp³-hybridized carbons (Fsp3) is 0.214. The molecule has 0 aliphatic heterocycles. The van der Waals surface area contributed by atoms with Crippen molar-refractivity contribution in [2.75, 3.05) is 14.2 Å². The molecule has 0 saturated carbocycles. The van der Waals surface area contributed by atoms with Crippen LogP contribution in [-0.4, -0.2) is 20.2 Å². The summed E-state index contributed by atoms with van der Waals surface area (Å²) < 4.78 is 4.70. The van der Waals surface area contributed by atoms with Gasteiger partial charge in [-0.05, 0) is 29.0 Å². The first kappa shape index (κ1) is 15.4. The van der Waals surface area contributed by atoms with Gasteiger partial charge in [0.25, 0.3) is 0 Å². The summed E-state index contributed by atoms with van der Waals surface area (Å²) in [6.45, 7) is 0.769. The average molecular weight is 282 g/mol. The zero-order valence-corrected chi connectivity index (χ0v) is 11.6. The molecular weight excluding hydrogens is 266 g/mol. The number of hydroxylamine groups is 1. The smallest absolute Gasteiger partial charge is 0.337 e. The number of nitrogens with two attached hydrogens (primary N) is 1. The zero-order valence-electron chi connectivity index (χ0n) is 10.9. The van der Waals surface area contributed by atoms with E-state index in [0.717, 1.165) is 17.3 Å². The van der Waals surface area contributed by atoms with Crippen molar-refractivity contribution in [1.82, 2.24) is 0 Å². The molecule has 0 radical (unpaired) electrons. The number of carbonyl (C=O) groups excluding carboxylic acids is 1. The van der Waals surface area contributed by atoms with Crippen LogP contribution < -0.4 is 17.9 Å². The van der Waals surface area contributed by atoms with Gasteiger partial charge in [0, 0.05) is 5.56 Å². The quantitative estimate of drug-likeness (QED) is 0.535. The number of rotatable bonds is 4. The van der Waals surface area contributed by atoms with Crippen molar-refractivity contribution in [3.63, 3.8) is 0 Å². The van der Waals surface area contributed by atoms with Crippen LogP contribution in [0.15, 0.2) is 36.4 Å². The average Bonchev–Trinajstić information content (AvgIpc) is 2.43. The monoisotopic (exact) mass is 281 g/mol. The zero-order chi connectivity index (χ0) is 13.0. The first-order valence-electron chi connectivity index (χ1n) is 5.70.